The van der Waals surface area contributed by atoms with Crippen molar-refractivity contribution in [3.8, 4) is 40.4 Å². The molecular weight excluding hydrogens is 792 g/mol. The molecule has 3 aromatic heterocycles. The number of ether oxygens (including phenoxy) is 2. The zero-order valence-electron chi connectivity index (χ0n) is 32.7. The van der Waals surface area contributed by atoms with E-state index in [1.54, 1.807) is 17.9 Å². The Morgan fingerprint density at radius 3 is 2.61 bits per heavy atom. The van der Waals surface area contributed by atoms with Crippen molar-refractivity contribution in [3.05, 3.63) is 87.5 Å². The van der Waals surface area contributed by atoms with Gasteiger partial charge in [-0.05, 0) is 73.9 Å². The first kappa shape index (κ1) is 39.4. The average molecular weight is 837 g/mol. The number of rotatable bonds is 13. The molecule has 2 saturated heterocycles. The Labute approximate surface area is 348 Å². The fraction of sp³-hybridized carbons (Fsp3) is 0.419. The molecule has 5 aromatic rings. The Kier molecular flexibility index (Phi) is 11.0. The van der Waals surface area contributed by atoms with Crippen LogP contribution in [0.25, 0.3) is 33.7 Å². The fourth-order valence-electron chi connectivity index (χ4n) is 8.55. The summed E-state index contributed by atoms with van der Waals surface area (Å²) in [5.41, 5.74) is 6.29. The molecule has 2 aliphatic carbocycles. The Balaban J connectivity index is 0.920. The lowest BCUT2D eigenvalue weighted by Crippen LogP contribution is -2.36. The number of halogens is 1. The number of aliphatic hydroxyl groups excluding tert-OH is 1. The van der Waals surface area contributed by atoms with Crippen LogP contribution in [0.5, 0.6) is 11.8 Å². The molecule has 4 atom stereocenters. The van der Waals surface area contributed by atoms with E-state index in [9.17, 15) is 19.4 Å². The van der Waals surface area contributed by atoms with Gasteiger partial charge in [-0.2, -0.15) is 10.2 Å². The summed E-state index contributed by atoms with van der Waals surface area (Å²) in [4.78, 5) is 26.5. The van der Waals surface area contributed by atoms with Crippen molar-refractivity contribution >= 4 is 39.6 Å². The third-order valence-corrected chi connectivity index (χ3v) is 13.8. The number of nitriles is 1. The van der Waals surface area contributed by atoms with E-state index < -0.39 is 11.0 Å². The van der Waals surface area contributed by atoms with Gasteiger partial charge in [0, 0.05) is 62.7 Å². The van der Waals surface area contributed by atoms with Gasteiger partial charge in [0.25, 0.3) is 0 Å². The molecule has 1 amide bonds. The summed E-state index contributed by atoms with van der Waals surface area (Å²) in [7, 11) is 0.300. The standard InChI is InChI=1S/C43H45ClN8O6S/c1-56-42-26(22-51-17-15-28(53)24-51)8-13-36(47-42)57-35-12-11-31-30(4-2-5-32(31)35)33-6-3-7-34(37(33)44)43-48-38-39(58-43)27(20-45)23-52(40(38)46)19-18-50-16-14-25(21-50)41(54)49-59(55)29-9-10-29/h2-8,13,23,25,28-29,35,46,53H,9-12,14-19,21-22,24H2,1H3,(H,49,54)/t25-,28-,35+,59?/m1/s1. The van der Waals surface area contributed by atoms with Crippen LogP contribution in [0.15, 0.2) is 59.1 Å². The first-order valence-corrected chi connectivity index (χ1v) is 21.7. The highest BCUT2D eigenvalue weighted by atomic mass is 35.5. The van der Waals surface area contributed by atoms with Crippen LogP contribution in [-0.2, 0) is 35.3 Å². The highest BCUT2D eigenvalue weighted by Crippen LogP contribution is 2.44. The van der Waals surface area contributed by atoms with Crippen LogP contribution in [0.4, 0.5) is 0 Å². The van der Waals surface area contributed by atoms with E-state index in [4.69, 9.17) is 35.9 Å². The van der Waals surface area contributed by atoms with Crippen molar-refractivity contribution in [1.82, 2.24) is 29.1 Å². The number of pyridine rings is 2. The van der Waals surface area contributed by atoms with E-state index in [-0.39, 0.29) is 57.3 Å². The molecule has 306 valence electrons. The largest absolute Gasteiger partial charge is 0.481 e. The fourth-order valence-corrected chi connectivity index (χ4v) is 9.95. The van der Waals surface area contributed by atoms with Crippen molar-refractivity contribution in [3.63, 3.8) is 0 Å². The molecule has 0 bridgehead atoms. The van der Waals surface area contributed by atoms with Gasteiger partial charge in [0.15, 0.2) is 16.6 Å². The van der Waals surface area contributed by atoms with E-state index in [0.29, 0.717) is 68.0 Å². The Hall–Kier alpha value is -5.11. The molecule has 16 heteroatoms. The van der Waals surface area contributed by atoms with Crippen LogP contribution in [0.1, 0.15) is 60.5 Å². The van der Waals surface area contributed by atoms with Gasteiger partial charge >= 0.3 is 0 Å². The lowest BCUT2D eigenvalue weighted by Gasteiger charge is -2.19. The highest BCUT2D eigenvalue weighted by Gasteiger charge is 2.34. The number of hydrogen-bond acceptors (Lipinski definition) is 12. The van der Waals surface area contributed by atoms with E-state index in [2.05, 4.69) is 31.6 Å². The van der Waals surface area contributed by atoms with Crippen LogP contribution in [0.3, 0.4) is 0 Å². The number of nitrogens with one attached hydrogen (secondary N) is 2. The second-order valence-electron chi connectivity index (χ2n) is 15.8. The maximum absolute atomic E-state index is 12.7. The number of β-amino-alcohol motifs (C(OH)–C–C–N with tert-alkyl or cyclic N) is 1. The number of aromatic nitrogens is 3. The van der Waals surface area contributed by atoms with Gasteiger partial charge in [0.1, 0.15) is 28.7 Å². The number of aliphatic hydroxyl groups is 1. The molecular formula is C43H45ClN8O6S. The number of carbonyl (C=O) groups is 1. The number of amides is 1. The van der Waals surface area contributed by atoms with Crippen molar-refractivity contribution in [2.45, 2.75) is 69.1 Å². The Bertz CT molecular complexity index is 2570. The van der Waals surface area contributed by atoms with E-state index in [1.165, 1.54) is 0 Å². The quantitative estimate of drug-likeness (QED) is 0.141. The number of benzene rings is 2. The number of oxazole rings is 1. The molecule has 0 radical (unpaired) electrons. The van der Waals surface area contributed by atoms with Gasteiger partial charge < -0.3 is 28.5 Å². The molecule has 14 nitrogen and oxygen atoms in total. The zero-order chi connectivity index (χ0) is 40.8. The van der Waals surface area contributed by atoms with Gasteiger partial charge in [-0.15, -0.1) is 0 Å². The van der Waals surface area contributed by atoms with Crippen LogP contribution in [0.2, 0.25) is 5.02 Å². The first-order valence-electron chi connectivity index (χ1n) is 20.1. The van der Waals surface area contributed by atoms with E-state index in [0.717, 1.165) is 66.5 Å². The monoisotopic (exact) mass is 836 g/mol. The van der Waals surface area contributed by atoms with Crippen molar-refractivity contribution < 1.29 is 28.0 Å². The summed E-state index contributed by atoms with van der Waals surface area (Å²) < 4.78 is 34.9. The number of fused-ring (bicyclic) bond motifs is 2. The minimum Gasteiger partial charge on any atom is -0.481 e. The first-order chi connectivity index (χ1) is 28.7. The molecule has 59 heavy (non-hydrogen) atoms. The second-order valence-corrected chi connectivity index (χ2v) is 17.7. The normalized spacial score (nSPS) is 21.1. The second kappa shape index (κ2) is 16.5. The number of nitrogens with zero attached hydrogens (tertiary/aromatic N) is 6. The van der Waals surface area contributed by atoms with Gasteiger partial charge in [-0.3, -0.25) is 19.8 Å². The molecule has 2 aromatic carbocycles. The van der Waals surface area contributed by atoms with Gasteiger partial charge in [0.05, 0.1) is 35.0 Å². The molecule has 9 rings (SSSR count). The summed E-state index contributed by atoms with van der Waals surface area (Å²) in [5, 5.41) is 29.6. The molecule has 4 aliphatic rings. The van der Waals surface area contributed by atoms with Crippen molar-refractivity contribution in [2.24, 2.45) is 5.92 Å². The predicted octanol–water partition coefficient (Wildman–Crippen LogP) is 5.27. The third kappa shape index (κ3) is 8.00. The van der Waals surface area contributed by atoms with Crippen LogP contribution < -0.4 is 19.7 Å². The lowest BCUT2D eigenvalue weighted by atomic mass is 9.95. The summed E-state index contributed by atoms with van der Waals surface area (Å²) in [6, 6.07) is 17.9. The summed E-state index contributed by atoms with van der Waals surface area (Å²) in [5.74, 6) is 0.805. The molecule has 5 heterocycles. The third-order valence-electron chi connectivity index (χ3n) is 11.9. The molecule has 1 unspecified atom stereocenters. The smallest absolute Gasteiger partial charge is 0.236 e. The number of hydrogen-bond donors (Lipinski definition) is 3. The topological polar surface area (TPSA) is 183 Å². The van der Waals surface area contributed by atoms with Crippen molar-refractivity contribution in [2.75, 3.05) is 39.8 Å². The minimum absolute atomic E-state index is 0.0888. The van der Waals surface area contributed by atoms with Gasteiger partial charge in [0.2, 0.25) is 23.6 Å². The van der Waals surface area contributed by atoms with Crippen LogP contribution in [0, 0.1) is 22.7 Å². The number of likely N-dealkylation sites (tertiary alicyclic amines) is 2. The maximum atomic E-state index is 12.7. The van der Waals surface area contributed by atoms with Gasteiger partial charge in [-0.25, -0.2) is 9.19 Å². The predicted molar refractivity (Wildman–Crippen MR) is 221 cm³/mol. The molecule has 0 spiro atoms. The molecule has 2 aliphatic heterocycles. The maximum Gasteiger partial charge on any atom is 0.236 e. The summed E-state index contributed by atoms with van der Waals surface area (Å²) in [6.07, 6.45) is 5.85. The SMILES string of the molecule is COc1nc(O[C@H]2CCc3c(-c4cccc(-c5nc6c(=N)n(CCN7CC[C@@H](C(=O)NS(=O)C8CC8)C7)cc(C#N)c6o5)c4Cl)cccc32)ccc1CN1CC[C@@H](O)C1. The van der Waals surface area contributed by atoms with Crippen LogP contribution >= 0.6 is 11.6 Å². The Morgan fingerprint density at radius 1 is 1.03 bits per heavy atom. The van der Waals surface area contributed by atoms with Crippen LogP contribution in [-0.4, -0.2) is 90.7 Å². The Morgan fingerprint density at radius 2 is 1.83 bits per heavy atom. The molecule has 1 saturated carbocycles. The highest BCUT2D eigenvalue weighted by molar-refractivity contribution is 7.84. The van der Waals surface area contributed by atoms with Gasteiger partial charge in [-0.1, -0.05) is 41.9 Å². The zero-order valence-corrected chi connectivity index (χ0v) is 34.2. The summed E-state index contributed by atoms with van der Waals surface area (Å²) >= 11 is 7.20. The number of methoxy groups -OCH3 is 1. The minimum atomic E-state index is -1.30. The summed E-state index contributed by atoms with van der Waals surface area (Å²) in [6.45, 7) is 4.34. The van der Waals surface area contributed by atoms with E-state index >= 15 is 0 Å². The molecule has 3 fully saturated rings. The number of carbonyl (C=O) groups excluding carboxylic acids is 1. The van der Waals surface area contributed by atoms with Crippen molar-refractivity contribution in [1.29, 1.82) is 10.7 Å². The van der Waals surface area contributed by atoms with E-state index in [1.807, 2.05) is 42.5 Å². The average Bonchev–Trinajstić information content (AvgIpc) is 3.52. The lowest BCUT2D eigenvalue weighted by molar-refractivity contribution is -0.122. The molecule has 3 N–H and O–H groups in total.